The molecular weight excluding hydrogens is 621 g/mol. The van der Waals surface area contributed by atoms with Gasteiger partial charge in [0.25, 0.3) is 0 Å². The second-order valence-electron chi connectivity index (χ2n) is 15.6. The Labute approximate surface area is 291 Å². The highest BCUT2D eigenvalue weighted by atomic mass is 32.1. The van der Waals surface area contributed by atoms with E-state index >= 15 is 0 Å². The van der Waals surface area contributed by atoms with Crippen molar-refractivity contribution in [3.05, 3.63) is 71.3 Å². The van der Waals surface area contributed by atoms with Crippen LogP contribution in [0.25, 0.3) is 0 Å². The molecule has 4 N–H and O–H groups in total. The van der Waals surface area contributed by atoms with Crippen molar-refractivity contribution in [1.82, 2.24) is 10.6 Å². The van der Waals surface area contributed by atoms with Gasteiger partial charge in [0, 0.05) is 22.7 Å². The SMILES string of the molecule is Cc1ccc(NC(=S)NC(=O)C2C[C@@H]3C[C@@H]4[C@@]5(C)CCC[C@@](C)(C(=O)NC(=S)Nc6ccc(C)cc6)[C@@H]5CC[C@]24C=C3C(C)C)cc1. The lowest BCUT2D eigenvalue weighted by molar-refractivity contribution is -0.181. The average molecular weight is 671 g/mol. The molecule has 0 radical (unpaired) electrons. The molecule has 250 valence electrons. The predicted molar refractivity (Wildman–Crippen MR) is 199 cm³/mol. The molecule has 1 unspecified atom stereocenters. The van der Waals surface area contributed by atoms with E-state index in [1.165, 1.54) is 16.7 Å². The molecule has 5 aliphatic rings. The molecule has 0 saturated heterocycles. The number of allylic oxidation sites excluding steroid dienone is 2. The Morgan fingerprint density at radius 1 is 0.787 bits per heavy atom. The third-order valence-electron chi connectivity index (χ3n) is 12.5. The van der Waals surface area contributed by atoms with E-state index in [1.54, 1.807) is 0 Å². The molecule has 2 aromatic carbocycles. The molecule has 0 aromatic heterocycles. The van der Waals surface area contributed by atoms with Gasteiger partial charge in [-0.05, 0) is 130 Å². The first-order valence-corrected chi connectivity index (χ1v) is 18.2. The van der Waals surface area contributed by atoms with Crippen LogP contribution in [-0.2, 0) is 9.59 Å². The highest BCUT2D eigenvalue weighted by Gasteiger charge is 2.67. The Morgan fingerprint density at radius 2 is 1.36 bits per heavy atom. The van der Waals surface area contributed by atoms with E-state index in [0.717, 1.165) is 56.3 Å². The lowest BCUT2D eigenvalue weighted by Crippen LogP contribution is -2.65. The van der Waals surface area contributed by atoms with Crippen molar-refractivity contribution in [2.24, 2.45) is 45.8 Å². The van der Waals surface area contributed by atoms with Crippen molar-refractivity contribution in [2.45, 2.75) is 86.5 Å². The minimum Gasteiger partial charge on any atom is -0.332 e. The van der Waals surface area contributed by atoms with Crippen LogP contribution in [0.1, 0.15) is 83.8 Å². The number of fused-ring (bicyclic) bond motifs is 2. The number of anilines is 2. The molecule has 5 aliphatic carbocycles. The molecule has 0 aliphatic heterocycles. The van der Waals surface area contributed by atoms with Crippen LogP contribution in [0.2, 0.25) is 0 Å². The van der Waals surface area contributed by atoms with Gasteiger partial charge in [0.05, 0.1) is 5.41 Å². The number of hydrogen-bond donors (Lipinski definition) is 4. The summed E-state index contributed by atoms with van der Waals surface area (Å²) < 4.78 is 0. The molecule has 6 nitrogen and oxygen atoms in total. The van der Waals surface area contributed by atoms with E-state index < -0.39 is 5.41 Å². The quantitative estimate of drug-likeness (QED) is 0.189. The van der Waals surface area contributed by atoms with Gasteiger partial charge in [-0.25, -0.2) is 0 Å². The highest BCUT2D eigenvalue weighted by Crippen LogP contribution is 2.72. The summed E-state index contributed by atoms with van der Waals surface area (Å²) in [6.45, 7) is 13.3. The fourth-order valence-corrected chi connectivity index (χ4v) is 10.7. The Hall–Kier alpha value is -3.10. The van der Waals surface area contributed by atoms with Crippen LogP contribution in [0.4, 0.5) is 11.4 Å². The molecule has 47 heavy (non-hydrogen) atoms. The van der Waals surface area contributed by atoms with Gasteiger partial charge in [-0.3, -0.25) is 9.59 Å². The van der Waals surface area contributed by atoms with Crippen LogP contribution in [0.5, 0.6) is 0 Å². The van der Waals surface area contributed by atoms with Crippen molar-refractivity contribution in [3.8, 4) is 0 Å². The predicted octanol–water partition coefficient (Wildman–Crippen LogP) is 8.46. The summed E-state index contributed by atoms with van der Waals surface area (Å²) in [7, 11) is 0. The monoisotopic (exact) mass is 670 g/mol. The van der Waals surface area contributed by atoms with Gasteiger partial charge in [0.15, 0.2) is 10.2 Å². The van der Waals surface area contributed by atoms with Crippen LogP contribution >= 0.6 is 24.4 Å². The van der Waals surface area contributed by atoms with Gasteiger partial charge in [-0.15, -0.1) is 0 Å². The van der Waals surface area contributed by atoms with Crippen molar-refractivity contribution in [1.29, 1.82) is 0 Å². The molecule has 1 spiro atoms. The number of benzene rings is 2. The van der Waals surface area contributed by atoms with E-state index in [1.807, 2.05) is 62.4 Å². The van der Waals surface area contributed by atoms with Crippen LogP contribution in [0.3, 0.4) is 0 Å². The molecule has 7 rings (SSSR count). The molecule has 0 heterocycles. The molecule has 3 fully saturated rings. The summed E-state index contributed by atoms with van der Waals surface area (Å²) in [5.74, 6) is 1.20. The molecule has 2 aromatic rings. The van der Waals surface area contributed by atoms with Crippen molar-refractivity contribution in [3.63, 3.8) is 0 Å². The normalized spacial score (nSPS) is 32.4. The highest BCUT2D eigenvalue weighted by molar-refractivity contribution is 7.80. The van der Waals surface area contributed by atoms with E-state index in [4.69, 9.17) is 24.4 Å². The lowest BCUT2D eigenvalue weighted by Gasteiger charge is -2.68. The summed E-state index contributed by atoms with van der Waals surface area (Å²) in [6, 6.07) is 16.0. The number of nitrogens with one attached hydrogen (secondary N) is 4. The van der Waals surface area contributed by atoms with E-state index in [-0.39, 0.29) is 34.5 Å². The summed E-state index contributed by atoms with van der Waals surface area (Å²) in [6.07, 6.45) is 9.16. The summed E-state index contributed by atoms with van der Waals surface area (Å²) in [4.78, 5) is 28.4. The van der Waals surface area contributed by atoms with Gasteiger partial charge >= 0.3 is 0 Å². The minimum atomic E-state index is -0.549. The minimum absolute atomic E-state index is 0.00943. The smallest absolute Gasteiger partial charge is 0.232 e. The van der Waals surface area contributed by atoms with Crippen LogP contribution < -0.4 is 21.3 Å². The number of aryl methyl sites for hydroxylation is 2. The summed E-state index contributed by atoms with van der Waals surface area (Å²) in [5, 5.41) is 13.3. The van der Waals surface area contributed by atoms with Gasteiger partial charge in [0.2, 0.25) is 11.8 Å². The molecule has 3 saturated carbocycles. The number of carbonyl (C=O) groups excluding carboxylic acids is 2. The Morgan fingerprint density at radius 3 is 1.94 bits per heavy atom. The molecule has 7 atom stereocenters. The average Bonchev–Trinajstić information content (AvgIpc) is 3.02. The number of hydrogen-bond acceptors (Lipinski definition) is 4. The van der Waals surface area contributed by atoms with Crippen LogP contribution in [-0.4, -0.2) is 22.0 Å². The van der Waals surface area contributed by atoms with Crippen LogP contribution in [0.15, 0.2) is 60.2 Å². The Bertz CT molecular complexity index is 1600. The second kappa shape index (κ2) is 12.7. The van der Waals surface area contributed by atoms with E-state index in [9.17, 15) is 9.59 Å². The van der Waals surface area contributed by atoms with Gasteiger partial charge < -0.3 is 21.3 Å². The molecule has 2 bridgehead atoms. The maximum Gasteiger partial charge on any atom is 0.232 e. The molecule has 2 amide bonds. The zero-order chi connectivity index (χ0) is 33.7. The third-order valence-corrected chi connectivity index (χ3v) is 12.9. The third kappa shape index (κ3) is 6.16. The molecule has 8 heteroatoms. The van der Waals surface area contributed by atoms with Gasteiger partial charge in [-0.1, -0.05) is 81.2 Å². The standard InChI is InChI=1S/C39H50N4O2S2/c1-23(2)29-22-39-19-16-31-37(5,17-7-18-38(31,6)34(45)43-36(47)41-28-14-10-25(4)11-15-28)32(39)21-26(29)20-30(39)33(44)42-35(46)40-27-12-8-24(3)9-13-27/h8-15,22-23,26,30-32H,7,16-21H2,1-6H3,(H2,40,42,44,46)(H2,41,43,45,47)/t26-,30?,31-,32-,37+,38-,39+/m1/s1. The lowest BCUT2D eigenvalue weighted by atomic mass is 9.35. The summed E-state index contributed by atoms with van der Waals surface area (Å²) in [5.41, 5.74) is 4.70. The fourth-order valence-electron chi connectivity index (χ4n) is 10.2. The van der Waals surface area contributed by atoms with Gasteiger partial charge in [-0.2, -0.15) is 0 Å². The number of rotatable bonds is 5. The first-order valence-electron chi connectivity index (χ1n) is 17.4. The van der Waals surface area contributed by atoms with E-state index in [0.29, 0.717) is 28.0 Å². The number of amides is 2. The zero-order valence-corrected chi connectivity index (χ0v) is 30.3. The first kappa shape index (κ1) is 33.8. The Balaban J connectivity index is 1.24. The summed E-state index contributed by atoms with van der Waals surface area (Å²) >= 11 is 11.3. The van der Waals surface area contributed by atoms with Crippen molar-refractivity contribution < 1.29 is 9.59 Å². The number of carbonyl (C=O) groups is 2. The zero-order valence-electron chi connectivity index (χ0n) is 28.7. The number of thiocarbonyl (C=S) groups is 2. The largest absolute Gasteiger partial charge is 0.332 e. The maximum atomic E-state index is 14.2. The second-order valence-corrected chi connectivity index (χ2v) is 16.5. The fraction of sp³-hybridized carbons (Fsp3) is 0.538. The van der Waals surface area contributed by atoms with Crippen molar-refractivity contribution >= 4 is 57.8 Å². The van der Waals surface area contributed by atoms with Crippen molar-refractivity contribution in [2.75, 3.05) is 10.6 Å². The first-order chi connectivity index (χ1) is 22.2. The van der Waals surface area contributed by atoms with Gasteiger partial charge in [0.1, 0.15) is 0 Å². The maximum absolute atomic E-state index is 14.2. The topological polar surface area (TPSA) is 82.3 Å². The van der Waals surface area contributed by atoms with E-state index in [2.05, 4.69) is 55.0 Å². The van der Waals surface area contributed by atoms with Crippen LogP contribution in [0, 0.1) is 59.7 Å². The Kier molecular flexibility index (Phi) is 9.16. The molecular formula is C39H50N4O2S2.